The van der Waals surface area contributed by atoms with E-state index >= 15 is 0 Å². The van der Waals surface area contributed by atoms with Crippen LogP contribution in [0.5, 0.6) is 0 Å². The zero-order valence-corrected chi connectivity index (χ0v) is 5.57. The number of hydrogen-bond donors (Lipinski definition) is 2. The summed E-state index contributed by atoms with van der Waals surface area (Å²) in [6, 6.07) is 9.52. The number of hydrazine groups is 1. The van der Waals surface area contributed by atoms with Crippen molar-refractivity contribution in [1.29, 1.82) is 0 Å². The largest absolute Gasteiger partial charge is 0.299 e. The van der Waals surface area contributed by atoms with E-state index in [1.54, 1.807) is 0 Å². The molecule has 1 rings (SSSR count). The van der Waals surface area contributed by atoms with Gasteiger partial charge in [-0.2, -0.15) is 0 Å². The van der Waals surface area contributed by atoms with Crippen LogP contribution in [-0.2, 0) is 6.54 Å². The molecule has 0 saturated heterocycles. The van der Waals surface area contributed by atoms with Crippen LogP contribution in [0.1, 0.15) is 5.56 Å². The topological polar surface area (TPSA) is 49.5 Å². The molecule has 54 valence electrons. The number of hydroxylamine groups is 1. The van der Waals surface area contributed by atoms with Crippen molar-refractivity contribution in [1.82, 2.24) is 5.17 Å². The highest BCUT2D eigenvalue weighted by Gasteiger charge is 1.92. The van der Waals surface area contributed by atoms with Crippen LogP contribution < -0.4 is 5.84 Å². The molecule has 0 aliphatic heterocycles. The molecule has 0 atom stereocenters. The lowest BCUT2D eigenvalue weighted by Gasteiger charge is -2.05. The Labute approximate surface area is 59.6 Å². The van der Waals surface area contributed by atoms with Crippen molar-refractivity contribution in [2.45, 2.75) is 6.54 Å². The van der Waals surface area contributed by atoms with E-state index in [1.165, 1.54) is 0 Å². The molecule has 0 fully saturated rings. The fourth-order valence-corrected chi connectivity index (χ4v) is 0.770. The van der Waals surface area contributed by atoms with Gasteiger partial charge in [-0.15, -0.1) is 5.17 Å². The van der Waals surface area contributed by atoms with Crippen LogP contribution in [0.2, 0.25) is 0 Å². The second-order valence-corrected chi connectivity index (χ2v) is 2.08. The molecule has 0 bridgehead atoms. The molecule has 0 heterocycles. The summed E-state index contributed by atoms with van der Waals surface area (Å²) in [6.45, 7) is 0.362. The molecular weight excluding hydrogens is 128 g/mol. The Morgan fingerprint density at radius 3 is 2.40 bits per heavy atom. The first-order valence-electron chi connectivity index (χ1n) is 3.04. The van der Waals surface area contributed by atoms with Gasteiger partial charge in [-0.05, 0) is 5.56 Å². The van der Waals surface area contributed by atoms with Crippen molar-refractivity contribution in [2.24, 2.45) is 5.84 Å². The first kappa shape index (κ1) is 7.21. The van der Waals surface area contributed by atoms with E-state index in [9.17, 15) is 0 Å². The Morgan fingerprint density at radius 1 is 1.30 bits per heavy atom. The summed E-state index contributed by atoms with van der Waals surface area (Å²) in [6.07, 6.45) is 0. The zero-order valence-electron chi connectivity index (χ0n) is 5.57. The molecule has 3 heteroatoms. The van der Waals surface area contributed by atoms with Gasteiger partial charge in [0.25, 0.3) is 0 Å². The quantitative estimate of drug-likeness (QED) is 0.468. The minimum absolute atomic E-state index is 0.362. The van der Waals surface area contributed by atoms with E-state index in [-0.39, 0.29) is 0 Å². The van der Waals surface area contributed by atoms with Gasteiger partial charge in [0.1, 0.15) is 0 Å². The van der Waals surface area contributed by atoms with Gasteiger partial charge in [-0.3, -0.25) is 5.21 Å². The molecule has 0 unspecified atom stereocenters. The van der Waals surface area contributed by atoms with Gasteiger partial charge in [-0.25, -0.2) is 5.84 Å². The summed E-state index contributed by atoms with van der Waals surface area (Å²) >= 11 is 0. The van der Waals surface area contributed by atoms with Crippen molar-refractivity contribution in [3.05, 3.63) is 35.9 Å². The third-order valence-corrected chi connectivity index (χ3v) is 1.19. The summed E-state index contributed by atoms with van der Waals surface area (Å²) < 4.78 is 0. The first-order valence-corrected chi connectivity index (χ1v) is 3.04. The molecule has 1 aromatic rings. The molecule has 1 aromatic carbocycles. The van der Waals surface area contributed by atoms with Crippen LogP contribution in [-0.4, -0.2) is 10.4 Å². The van der Waals surface area contributed by atoms with Crippen molar-refractivity contribution in [3.63, 3.8) is 0 Å². The zero-order chi connectivity index (χ0) is 7.40. The Balaban J connectivity index is 2.59. The number of nitrogens with zero attached hydrogens (tertiary/aromatic N) is 1. The second kappa shape index (κ2) is 3.31. The smallest absolute Gasteiger partial charge is 0.0646 e. The van der Waals surface area contributed by atoms with E-state index in [1.807, 2.05) is 30.3 Å². The van der Waals surface area contributed by atoms with Crippen molar-refractivity contribution in [2.75, 3.05) is 0 Å². The molecule has 3 nitrogen and oxygen atoms in total. The summed E-state index contributed by atoms with van der Waals surface area (Å²) in [5.74, 6) is 5.01. The lowest BCUT2D eigenvalue weighted by atomic mass is 10.2. The predicted octanol–water partition coefficient (Wildman–Crippen LogP) is 0.751. The maximum Gasteiger partial charge on any atom is 0.0646 e. The molecule has 0 aliphatic carbocycles. The number of nitrogens with two attached hydrogens (primary N) is 1. The molecule has 0 radical (unpaired) electrons. The van der Waals surface area contributed by atoms with Crippen LogP contribution in [0.4, 0.5) is 0 Å². The van der Waals surface area contributed by atoms with Gasteiger partial charge in [0.15, 0.2) is 0 Å². The minimum atomic E-state index is 0.362. The molecule has 0 spiro atoms. The van der Waals surface area contributed by atoms with E-state index < -0.39 is 0 Å². The van der Waals surface area contributed by atoms with E-state index in [0.717, 1.165) is 5.56 Å². The fraction of sp³-hybridized carbons (Fsp3) is 0.143. The highest BCUT2D eigenvalue weighted by Crippen LogP contribution is 1.98. The van der Waals surface area contributed by atoms with Crippen LogP contribution in [0, 0.1) is 0 Å². The van der Waals surface area contributed by atoms with E-state index in [4.69, 9.17) is 11.0 Å². The average Bonchev–Trinajstić information content (AvgIpc) is 1.88. The Bertz CT molecular complexity index is 186. The summed E-state index contributed by atoms with van der Waals surface area (Å²) in [5, 5.41) is 9.28. The molecule has 3 N–H and O–H groups in total. The minimum Gasteiger partial charge on any atom is -0.299 e. The summed E-state index contributed by atoms with van der Waals surface area (Å²) in [7, 11) is 0. The summed E-state index contributed by atoms with van der Waals surface area (Å²) in [5.41, 5.74) is 0.993. The van der Waals surface area contributed by atoms with Crippen molar-refractivity contribution < 1.29 is 5.21 Å². The normalized spacial score (nSPS) is 10.3. The lowest BCUT2D eigenvalue weighted by Crippen LogP contribution is -2.25. The molecule has 0 amide bonds. The number of rotatable bonds is 2. The highest BCUT2D eigenvalue weighted by molar-refractivity contribution is 5.13. The first-order chi connectivity index (χ1) is 4.79. The maximum atomic E-state index is 8.62. The van der Waals surface area contributed by atoms with E-state index in [0.29, 0.717) is 11.7 Å². The Kier molecular flexibility index (Phi) is 2.39. The molecule has 0 aromatic heterocycles. The highest BCUT2D eigenvalue weighted by atomic mass is 16.5. The average molecular weight is 138 g/mol. The number of benzene rings is 1. The molecule has 0 saturated carbocycles. The summed E-state index contributed by atoms with van der Waals surface area (Å²) in [4.78, 5) is 0. The maximum absolute atomic E-state index is 8.62. The van der Waals surface area contributed by atoms with Gasteiger partial charge in [0.05, 0.1) is 6.54 Å². The lowest BCUT2D eigenvalue weighted by molar-refractivity contribution is -0.102. The van der Waals surface area contributed by atoms with Crippen LogP contribution in [0.15, 0.2) is 30.3 Å². The fourth-order valence-electron chi connectivity index (χ4n) is 0.770. The van der Waals surface area contributed by atoms with Crippen molar-refractivity contribution in [3.8, 4) is 0 Å². The second-order valence-electron chi connectivity index (χ2n) is 2.08. The van der Waals surface area contributed by atoms with Gasteiger partial charge < -0.3 is 0 Å². The Hall–Kier alpha value is -0.900. The predicted molar refractivity (Wildman–Crippen MR) is 38.0 cm³/mol. The van der Waals surface area contributed by atoms with E-state index in [2.05, 4.69) is 0 Å². The molecular formula is C7H10N2O. The third kappa shape index (κ3) is 2.14. The van der Waals surface area contributed by atoms with Gasteiger partial charge >= 0.3 is 0 Å². The Morgan fingerprint density at radius 2 is 1.90 bits per heavy atom. The third-order valence-electron chi connectivity index (χ3n) is 1.19. The van der Waals surface area contributed by atoms with Crippen molar-refractivity contribution >= 4 is 0 Å². The van der Waals surface area contributed by atoms with Gasteiger partial charge in [-0.1, -0.05) is 30.3 Å². The molecule has 10 heavy (non-hydrogen) atoms. The van der Waals surface area contributed by atoms with Crippen LogP contribution >= 0.6 is 0 Å². The SMILES string of the molecule is NN(O)Cc1ccccc1. The van der Waals surface area contributed by atoms with Gasteiger partial charge in [0, 0.05) is 0 Å². The molecule has 0 aliphatic rings. The number of hydrogen-bond acceptors (Lipinski definition) is 3. The standard InChI is InChI=1S/C7H10N2O/c8-9(10)6-7-4-2-1-3-5-7/h1-5,10H,6,8H2. The van der Waals surface area contributed by atoms with Crippen LogP contribution in [0.3, 0.4) is 0 Å². The monoisotopic (exact) mass is 138 g/mol. The van der Waals surface area contributed by atoms with Crippen LogP contribution in [0.25, 0.3) is 0 Å². The van der Waals surface area contributed by atoms with Gasteiger partial charge in [0.2, 0.25) is 0 Å².